The largest absolute Gasteiger partial charge is 0.310 e. The van der Waals surface area contributed by atoms with Crippen LogP contribution in [0.15, 0.2) is 47.4 Å². The number of aryl methyl sites for hydroxylation is 1. The lowest BCUT2D eigenvalue weighted by Crippen LogP contribution is -2.22. The van der Waals surface area contributed by atoms with E-state index in [0.717, 1.165) is 22.5 Å². The highest BCUT2D eigenvalue weighted by atomic mass is 32.2. The summed E-state index contributed by atoms with van der Waals surface area (Å²) in [5, 5.41) is 17.4. The van der Waals surface area contributed by atoms with Crippen molar-refractivity contribution in [2.24, 2.45) is 0 Å². The van der Waals surface area contributed by atoms with E-state index in [9.17, 15) is 14.9 Å². The highest BCUT2D eigenvalue weighted by molar-refractivity contribution is 7.97. The zero-order chi connectivity index (χ0) is 22.0. The minimum atomic E-state index is -0.621. The molecule has 2 N–H and O–H groups in total. The lowest BCUT2D eigenvalue weighted by Gasteiger charge is -2.11. The number of aromatic nitrogens is 5. The molecule has 0 aliphatic carbocycles. The summed E-state index contributed by atoms with van der Waals surface area (Å²) in [5.41, 5.74) is 1.43. The summed E-state index contributed by atoms with van der Waals surface area (Å²) in [6.07, 6.45) is 3.22. The molecule has 3 heterocycles. The van der Waals surface area contributed by atoms with Gasteiger partial charge in [-0.05, 0) is 30.9 Å². The van der Waals surface area contributed by atoms with Gasteiger partial charge >= 0.3 is 0 Å². The van der Waals surface area contributed by atoms with Gasteiger partial charge in [0.15, 0.2) is 11.6 Å². The van der Waals surface area contributed by atoms with E-state index >= 15 is 0 Å². The Kier molecular flexibility index (Phi) is 5.51. The normalized spacial score (nSPS) is 10.7. The molecule has 1 aromatic carbocycles. The number of thioether (sulfide) groups is 1. The van der Waals surface area contributed by atoms with E-state index in [-0.39, 0.29) is 17.1 Å². The number of nitrogens with one attached hydrogen (secondary N) is 2. The summed E-state index contributed by atoms with van der Waals surface area (Å²) < 4.78 is 1.39. The van der Waals surface area contributed by atoms with Gasteiger partial charge in [0.05, 0.1) is 17.5 Å². The van der Waals surface area contributed by atoms with E-state index in [1.165, 1.54) is 22.6 Å². The molecular formula is C21H17N7O2S. The van der Waals surface area contributed by atoms with E-state index in [0.29, 0.717) is 17.4 Å². The van der Waals surface area contributed by atoms with Crippen LogP contribution in [0.4, 0.5) is 5.82 Å². The van der Waals surface area contributed by atoms with Crippen molar-refractivity contribution < 1.29 is 4.79 Å². The highest BCUT2D eigenvalue weighted by Gasteiger charge is 2.19. The van der Waals surface area contributed by atoms with Crippen molar-refractivity contribution >= 4 is 34.4 Å². The number of fused-ring (bicyclic) bond motifs is 1. The minimum absolute atomic E-state index is 0.0490. The lowest BCUT2D eigenvalue weighted by molar-refractivity contribution is 0.102. The average molecular weight is 431 g/mol. The van der Waals surface area contributed by atoms with Gasteiger partial charge in [0.1, 0.15) is 23.2 Å². The average Bonchev–Trinajstić information content (AvgIpc) is 3.16. The van der Waals surface area contributed by atoms with Gasteiger partial charge in [-0.3, -0.25) is 9.59 Å². The van der Waals surface area contributed by atoms with Gasteiger partial charge in [0.25, 0.3) is 11.5 Å². The summed E-state index contributed by atoms with van der Waals surface area (Å²) in [6, 6.07) is 12.6. The van der Waals surface area contributed by atoms with Gasteiger partial charge in [-0.15, -0.1) is 0 Å². The first kappa shape index (κ1) is 20.3. The van der Waals surface area contributed by atoms with Gasteiger partial charge in [0.2, 0.25) is 0 Å². The zero-order valence-corrected chi connectivity index (χ0v) is 17.5. The fourth-order valence-electron chi connectivity index (χ4n) is 3.17. The number of aromatic amines is 1. The monoisotopic (exact) mass is 431 g/mol. The molecule has 0 fully saturated rings. The van der Waals surface area contributed by atoms with Crippen LogP contribution in [-0.2, 0) is 5.75 Å². The third-order valence-corrected chi connectivity index (χ3v) is 5.11. The van der Waals surface area contributed by atoms with Crippen molar-refractivity contribution in [3.63, 3.8) is 0 Å². The Labute approximate surface area is 181 Å². The molecule has 3 aromatic heterocycles. The first-order chi connectivity index (χ1) is 15.0. The van der Waals surface area contributed by atoms with Crippen LogP contribution in [0, 0.1) is 18.3 Å². The standard InChI is InChI=1S/C21H17N7O2S/c1-12-7-18(25-15-6-4-3-5-14(12)15)28-20(13(9-22)10-23-28)27-21(30)16-8-19(29)26-17(24-16)11-31-2/h3-8,10H,11H2,1-2H3,(H,27,30)(H,24,26,29). The maximum Gasteiger partial charge on any atom is 0.275 e. The number of amides is 1. The van der Waals surface area contributed by atoms with Gasteiger partial charge in [0, 0.05) is 11.5 Å². The molecule has 154 valence electrons. The van der Waals surface area contributed by atoms with Crippen molar-refractivity contribution in [2.75, 3.05) is 11.6 Å². The van der Waals surface area contributed by atoms with Gasteiger partial charge in [-0.25, -0.2) is 9.97 Å². The molecule has 0 spiro atoms. The molecule has 0 radical (unpaired) electrons. The number of anilines is 1. The number of hydrogen-bond acceptors (Lipinski definition) is 7. The summed E-state index contributed by atoms with van der Waals surface area (Å²) in [7, 11) is 0. The van der Waals surface area contributed by atoms with Gasteiger partial charge in [-0.2, -0.15) is 26.8 Å². The van der Waals surface area contributed by atoms with Crippen LogP contribution < -0.4 is 10.9 Å². The number of carbonyl (C=O) groups is 1. The van der Waals surface area contributed by atoms with Crippen LogP contribution in [0.5, 0.6) is 0 Å². The molecule has 0 saturated heterocycles. The van der Waals surface area contributed by atoms with Crippen LogP contribution in [0.25, 0.3) is 16.7 Å². The van der Waals surface area contributed by atoms with E-state index < -0.39 is 11.5 Å². The van der Waals surface area contributed by atoms with E-state index in [4.69, 9.17) is 0 Å². The molecular weight excluding hydrogens is 414 g/mol. The summed E-state index contributed by atoms with van der Waals surface area (Å²) in [6.45, 7) is 1.95. The quantitative estimate of drug-likeness (QED) is 0.497. The molecule has 0 unspecified atom stereocenters. The van der Waals surface area contributed by atoms with E-state index in [1.807, 2.05) is 49.6 Å². The lowest BCUT2D eigenvalue weighted by atomic mass is 10.1. The van der Waals surface area contributed by atoms with Crippen molar-refractivity contribution in [3.8, 4) is 11.9 Å². The van der Waals surface area contributed by atoms with Crippen LogP contribution in [0.2, 0.25) is 0 Å². The van der Waals surface area contributed by atoms with Crippen molar-refractivity contribution in [3.05, 3.63) is 75.6 Å². The number of nitriles is 1. The molecule has 0 bridgehead atoms. The summed E-state index contributed by atoms with van der Waals surface area (Å²) in [4.78, 5) is 36.2. The number of pyridine rings is 1. The second kappa shape index (κ2) is 8.41. The van der Waals surface area contributed by atoms with Crippen LogP contribution in [0.3, 0.4) is 0 Å². The van der Waals surface area contributed by atoms with Crippen LogP contribution in [-0.4, -0.2) is 36.9 Å². The van der Waals surface area contributed by atoms with Gasteiger partial charge in [-0.1, -0.05) is 18.2 Å². The molecule has 4 aromatic rings. The topological polar surface area (TPSA) is 129 Å². The number of rotatable bonds is 5. The number of hydrogen-bond donors (Lipinski definition) is 2. The predicted octanol–water partition coefficient (Wildman–Crippen LogP) is 2.80. The van der Waals surface area contributed by atoms with Crippen molar-refractivity contribution in [1.82, 2.24) is 24.7 Å². The number of carbonyl (C=O) groups excluding carboxylic acids is 1. The summed E-state index contributed by atoms with van der Waals surface area (Å²) >= 11 is 1.47. The fraction of sp³-hybridized carbons (Fsp3) is 0.143. The number of H-pyrrole nitrogens is 1. The second-order valence-electron chi connectivity index (χ2n) is 6.71. The first-order valence-electron chi connectivity index (χ1n) is 9.25. The Morgan fingerprint density at radius 3 is 2.87 bits per heavy atom. The Balaban J connectivity index is 1.76. The molecule has 10 heteroatoms. The number of nitrogens with zero attached hydrogens (tertiary/aromatic N) is 5. The first-order valence-corrected chi connectivity index (χ1v) is 10.6. The third-order valence-electron chi connectivity index (χ3n) is 4.55. The van der Waals surface area contributed by atoms with Crippen LogP contribution in [0.1, 0.15) is 27.4 Å². The molecule has 1 amide bonds. The Bertz CT molecular complexity index is 1400. The zero-order valence-electron chi connectivity index (χ0n) is 16.7. The number of benzene rings is 1. The SMILES string of the molecule is CSCc1nc(C(=O)Nc2c(C#N)cnn2-c2cc(C)c3ccccc3n2)cc(=O)[nH]1. The van der Waals surface area contributed by atoms with Gasteiger partial charge < -0.3 is 10.3 Å². The predicted molar refractivity (Wildman–Crippen MR) is 118 cm³/mol. The Morgan fingerprint density at radius 2 is 2.10 bits per heavy atom. The van der Waals surface area contributed by atoms with Crippen molar-refractivity contribution in [1.29, 1.82) is 5.26 Å². The minimum Gasteiger partial charge on any atom is -0.310 e. The van der Waals surface area contributed by atoms with E-state index in [1.54, 1.807) is 0 Å². The molecule has 0 aliphatic heterocycles. The number of para-hydroxylation sites is 1. The maximum atomic E-state index is 12.8. The molecule has 0 saturated carbocycles. The molecule has 0 aliphatic rings. The Hall–Kier alpha value is -3.97. The molecule has 4 rings (SSSR count). The van der Waals surface area contributed by atoms with E-state index in [2.05, 4.69) is 25.4 Å². The third kappa shape index (κ3) is 4.04. The summed E-state index contributed by atoms with van der Waals surface area (Å²) in [5.74, 6) is 0.839. The molecule has 31 heavy (non-hydrogen) atoms. The maximum absolute atomic E-state index is 12.8. The molecule has 0 atom stereocenters. The highest BCUT2D eigenvalue weighted by Crippen LogP contribution is 2.23. The molecule has 9 nitrogen and oxygen atoms in total. The Morgan fingerprint density at radius 1 is 1.29 bits per heavy atom. The second-order valence-corrected chi connectivity index (χ2v) is 7.58. The fourth-order valence-corrected chi connectivity index (χ4v) is 3.58. The van der Waals surface area contributed by atoms with Crippen LogP contribution >= 0.6 is 11.8 Å². The smallest absolute Gasteiger partial charge is 0.275 e. The van der Waals surface area contributed by atoms with Crippen molar-refractivity contribution in [2.45, 2.75) is 12.7 Å².